The van der Waals surface area contributed by atoms with Crippen molar-refractivity contribution in [2.24, 2.45) is 0 Å². The minimum absolute atomic E-state index is 0.395. The first-order valence-electron chi connectivity index (χ1n) is 6.86. The van der Waals surface area contributed by atoms with Crippen LogP contribution < -0.4 is 5.32 Å². The maximum Gasteiger partial charge on any atom is 0.0593 e. The van der Waals surface area contributed by atoms with Crippen LogP contribution in [0.3, 0.4) is 0 Å². The van der Waals surface area contributed by atoms with Crippen molar-refractivity contribution in [1.29, 1.82) is 0 Å². The van der Waals surface area contributed by atoms with Crippen LogP contribution in [-0.4, -0.2) is 45.3 Å². The van der Waals surface area contributed by atoms with E-state index in [1.165, 1.54) is 5.56 Å². The number of ether oxygens (including phenoxy) is 1. The highest BCUT2D eigenvalue weighted by Crippen LogP contribution is 2.20. The molecule has 1 unspecified atom stereocenters. The van der Waals surface area contributed by atoms with Gasteiger partial charge in [0.25, 0.3) is 0 Å². The zero-order chi connectivity index (χ0) is 14.1. The first-order valence-corrected chi connectivity index (χ1v) is 7.65. The molecule has 3 nitrogen and oxygen atoms in total. The summed E-state index contributed by atoms with van der Waals surface area (Å²) in [6.07, 6.45) is 1.09. The summed E-state index contributed by atoms with van der Waals surface area (Å²) in [6, 6.07) is 8.90. The van der Waals surface area contributed by atoms with Gasteiger partial charge in [-0.3, -0.25) is 0 Å². The lowest BCUT2D eigenvalue weighted by Gasteiger charge is -2.22. The largest absolute Gasteiger partial charge is 0.380 e. The van der Waals surface area contributed by atoms with Crippen molar-refractivity contribution in [1.82, 2.24) is 10.2 Å². The summed E-state index contributed by atoms with van der Waals surface area (Å²) in [7, 11) is 4.17. The van der Waals surface area contributed by atoms with Crippen LogP contribution in [0, 0.1) is 0 Å². The van der Waals surface area contributed by atoms with Gasteiger partial charge in [0.1, 0.15) is 0 Å². The van der Waals surface area contributed by atoms with Gasteiger partial charge in [-0.1, -0.05) is 28.1 Å². The first-order chi connectivity index (χ1) is 9.17. The van der Waals surface area contributed by atoms with Gasteiger partial charge in [-0.2, -0.15) is 0 Å². The molecule has 0 aliphatic rings. The molecular formula is C15H25BrN2O. The number of likely N-dealkylation sites (N-methyl/N-ethyl adjacent to an activating group) is 1. The molecule has 0 aromatic heterocycles. The Labute approximate surface area is 125 Å². The third-order valence-electron chi connectivity index (χ3n) is 3.22. The van der Waals surface area contributed by atoms with Crippen LogP contribution >= 0.6 is 15.9 Å². The summed E-state index contributed by atoms with van der Waals surface area (Å²) in [6.45, 7) is 5.69. The Hall–Kier alpha value is -0.420. The highest BCUT2D eigenvalue weighted by molar-refractivity contribution is 9.10. The van der Waals surface area contributed by atoms with Crippen LogP contribution in [0.5, 0.6) is 0 Å². The van der Waals surface area contributed by atoms with Crippen molar-refractivity contribution in [3.05, 3.63) is 34.3 Å². The van der Waals surface area contributed by atoms with Crippen molar-refractivity contribution >= 4 is 15.9 Å². The van der Waals surface area contributed by atoms with Gasteiger partial charge in [0.05, 0.1) is 6.61 Å². The molecule has 0 heterocycles. The van der Waals surface area contributed by atoms with Crippen LogP contribution in [-0.2, 0) is 4.74 Å². The molecule has 0 bridgehead atoms. The monoisotopic (exact) mass is 328 g/mol. The third kappa shape index (κ3) is 6.52. The van der Waals surface area contributed by atoms with Crippen molar-refractivity contribution in [2.45, 2.75) is 19.4 Å². The molecule has 0 aliphatic carbocycles. The molecule has 0 spiro atoms. The fraction of sp³-hybridized carbons (Fsp3) is 0.600. The van der Waals surface area contributed by atoms with Crippen LogP contribution in [0.15, 0.2) is 28.7 Å². The summed E-state index contributed by atoms with van der Waals surface area (Å²) >= 11 is 3.53. The van der Waals surface area contributed by atoms with Gasteiger partial charge >= 0.3 is 0 Å². The van der Waals surface area contributed by atoms with Gasteiger partial charge in [-0.15, -0.1) is 0 Å². The van der Waals surface area contributed by atoms with E-state index >= 15 is 0 Å². The SMILES string of the molecule is CCOCCN(C)CCC(NC)c1cccc(Br)c1. The smallest absolute Gasteiger partial charge is 0.0593 e. The van der Waals surface area contributed by atoms with E-state index in [1.807, 2.05) is 14.0 Å². The highest BCUT2D eigenvalue weighted by atomic mass is 79.9. The molecule has 1 aromatic rings. The number of hydrogen-bond acceptors (Lipinski definition) is 3. The Kier molecular flexibility index (Phi) is 8.30. The Morgan fingerprint density at radius 3 is 2.79 bits per heavy atom. The first kappa shape index (κ1) is 16.6. The second kappa shape index (κ2) is 9.48. The van der Waals surface area contributed by atoms with Crippen LogP contribution in [0.25, 0.3) is 0 Å². The summed E-state index contributed by atoms with van der Waals surface area (Å²) < 4.78 is 6.51. The lowest BCUT2D eigenvalue weighted by atomic mass is 10.0. The van der Waals surface area contributed by atoms with E-state index in [1.54, 1.807) is 0 Å². The fourth-order valence-electron chi connectivity index (χ4n) is 2.03. The van der Waals surface area contributed by atoms with E-state index in [2.05, 4.69) is 57.5 Å². The number of nitrogens with one attached hydrogen (secondary N) is 1. The maximum absolute atomic E-state index is 5.37. The quantitative estimate of drug-likeness (QED) is 0.705. The van der Waals surface area contributed by atoms with Crippen molar-refractivity contribution < 1.29 is 4.74 Å². The minimum atomic E-state index is 0.395. The zero-order valence-corrected chi connectivity index (χ0v) is 13.7. The second-order valence-electron chi connectivity index (χ2n) is 4.69. The predicted molar refractivity (Wildman–Crippen MR) is 84.5 cm³/mol. The number of benzene rings is 1. The average molecular weight is 329 g/mol. The lowest BCUT2D eigenvalue weighted by molar-refractivity contribution is 0.121. The molecule has 0 saturated carbocycles. The van der Waals surface area contributed by atoms with Gasteiger partial charge in [-0.25, -0.2) is 0 Å². The summed E-state index contributed by atoms with van der Waals surface area (Å²) in [4.78, 5) is 2.32. The standard InChI is InChI=1S/C15H25BrN2O/c1-4-19-11-10-18(3)9-8-15(17-2)13-6-5-7-14(16)12-13/h5-7,12,15,17H,4,8-11H2,1-3H3. The maximum atomic E-state index is 5.37. The molecule has 1 N–H and O–H groups in total. The van der Waals surface area contributed by atoms with E-state index in [4.69, 9.17) is 4.74 Å². The number of halogens is 1. The van der Waals surface area contributed by atoms with Crippen LogP contribution in [0.1, 0.15) is 24.9 Å². The van der Waals surface area contributed by atoms with Crippen molar-refractivity contribution in [3.8, 4) is 0 Å². The Morgan fingerprint density at radius 1 is 1.37 bits per heavy atom. The molecule has 1 rings (SSSR count). The Morgan fingerprint density at radius 2 is 2.16 bits per heavy atom. The average Bonchev–Trinajstić information content (AvgIpc) is 2.40. The lowest BCUT2D eigenvalue weighted by Crippen LogP contribution is -2.28. The van der Waals surface area contributed by atoms with Crippen molar-refractivity contribution in [2.75, 3.05) is 40.4 Å². The zero-order valence-electron chi connectivity index (χ0n) is 12.2. The highest BCUT2D eigenvalue weighted by Gasteiger charge is 2.10. The molecule has 4 heteroatoms. The predicted octanol–water partition coefficient (Wildman–Crippen LogP) is 3.07. The van der Waals surface area contributed by atoms with Crippen LogP contribution in [0.2, 0.25) is 0 Å². The van der Waals surface area contributed by atoms with Gasteiger partial charge < -0.3 is 15.0 Å². The summed E-state index contributed by atoms with van der Waals surface area (Å²) in [5, 5.41) is 3.39. The molecule has 1 atom stereocenters. The van der Waals surface area contributed by atoms with Gasteiger partial charge in [0.2, 0.25) is 0 Å². The molecule has 0 amide bonds. The molecule has 0 radical (unpaired) electrons. The molecule has 0 aliphatic heterocycles. The van der Waals surface area contributed by atoms with Crippen LogP contribution in [0.4, 0.5) is 0 Å². The molecule has 1 aromatic carbocycles. The van der Waals surface area contributed by atoms with E-state index in [-0.39, 0.29) is 0 Å². The number of rotatable bonds is 9. The summed E-state index contributed by atoms with van der Waals surface area (Å²) in [5.41, 5.74) is 1.33. The minimum Gasteiger partial charge on any atom is -0.380 e. The Balaban J connectivity index is 2.40. The second-order valence-corrected chi connectivity index (χ2v) is 5.60. The summed E-state index contributed by atoms with van der Waals surface area (Å²) in [5.74, 6) is 0. The van der Waals surface area contributed by atoms with Gasteiger partial charge in [0.15, 0.2) is 0 Å². The number of hydrogen-bond donors (Lipinski definition) is 1. The fourth-order valence-corrected chi connectivity index (χ4v) is 2.44. The molecule has 0 fully saturated rings. The van der Waals surface area contributed by atoms with Gasteiger partial charge in [-0.05, 0) is 51.7 Å². The number of nitrogens with zero attached hydrogens (tertiary/aromatic N) is 1. The van der Waals surface area contributed by atoms with E-state index in [9.17, 15) is 0 Å². The normalized spacial score (nSPS) is 12.9. The van der Waals surface area contributed by atoms with E-state index in [0.29, 0.717) is 6.04 Å². The van der Waals surface area contributed by atoms with E-state index in [0.717, 1.165) is 37.2 Å². The van der Waals surface area contributed by atoms with Gasteiger partial charge in [0, 0.05) is 23.7 Å². The molecular weight excluding hydrogens is 304 g/mol. The molecule has 108 valence electrons. The molecule has 19 heavy (non-hydrogen) atoms. The van der Waals surface area contributed by atoms with E-state index < -0.39 is 0 Å². The topological polar surface area (TPSA) is 24.5 Å². The molecule has 0 saturated heterocycles. The third-order valence-corrected chi connectivity index (χ3v) is 3.71. The Bertz CT molecular complexity index is 360. The van der Waals surface area contributed by atoms with Crippen molar-refractivity contribution in [3.63, 3.8) is 0 Å².